The molecule has 5 nitrogen and oxygen atoms in total. The average Bonchev–Trinajstić information content (AvgIpc) is 2.33. The van der Waals surface area contributed by atoms with Crippen molar-refractivity contribution in [2.45, 2.75) is 25.9 Å². The van der Waals surface area contributed by atoms with Crippen molar-refractivity contribution in [3.05, 3.63) is 39.7 Å². The van der Waals surface area contributed by atoms with Crippen LogP contribution in [0.25, 0.3) is 0 Å². The molecule has 104 valence electrons. The van der Waals surface area contributed by atoms with Crippen molar-refractivity contribution in [3.63, 3.8) is 0 Å². The molecule has 0 aliphatic carbocycles. The first-order chi connectivity index (χ1) is 8.95. The van der Waals surface area contributed by atoms with Gasteiger partial charge in [0.2, 0.25) is 0 Å². The van der Waals surface area contributed by atoms with E-state index in [2.05, 4.69) is 11.8 Å². The highest BCUT2D eigenvalue weighted by molar-refractivity contribution is 5.35. The number of nitro benzene ring substituents is 1. The first kappa shape index (κ1) is 13.9. The predicted molar refractivity (Wildman–Crippen MR) is 70.1 cm³/mol. The van der Waals surface area contributed by atoms with Crippen LogP contribution < -0.4 is 5.73 Å². The van der Waals surface area contributed by atoms with Gasteiger partial charge in [0.1, 0.15) is 5.82 Å². The molecular formula is C13H18FN3O2. The molecule has 1 saturated heterocycles. The van der Waals surface area contributed by atoms with Crippen molar-refractivity contribution in [1.82, 2.24) is 4.90 Å². The molecule has 19 heavy (non-hydrogen) atoms. The molecular weight excluding hydrogens is 249 g/mol. The fourth-order valence-electron chi connectivity index (χ4n) is 2.48. The Morgan fingerprint density at radius 3 is 2.89 bits per heavy atom. The highest BCUT2D eigenvalue weighted by atomic mass is 19.1. The zero-order valence-corrected chi connectivity index (χ0v) is 10.9. The van der Waals surface area contributed by atoms with Crippen LogP contribution in [0.15, 0.2) is 18.2 Å². The molecule has 2 rings (SSSR count). The lowest BCUT2D eigenvalue weighted by atomic mass is 9.94. The summed E-state index contributed by atoms with van der Waals surface area (Å²) in [5.41, 5.74) is 6.38. The van der Waals surface area contributed by atoms with E-state index in [0.717, 1.165) is 25.6 Å². The lowest BCUT2D eigenvalue weighted by Crippen LogP contribution is -2.45. The van der Waals surface area contributed by atoms with Crippen molar-refractivity contribution < 1.29 is 9.31 Å². The number of benzene rings is 1. The van der Waals surface area contributed by atoms with Crippen molar-refractivity contribution in [2.24, 2.45) is 11.7 Å². The second-order valence-corrected chi connectivity index (χ2v) is 5.24. The molecule has 1 aliphatic rings. The van der Waals surface area contributed by atoms with Crippen LogP contribution in [0.1, 0.15) is 18.9 Å². The molecule has 0 amide bonds. The number of hydrogen-bond acceptors (Lipinski definition) is 4. The van der Waals surface area contributed by atoms with Crippen LogP contribution in [0.5, 0.6) is 0 Å². The number of hydrogen-bond donors (Lipinski definition) is 1. The van der Waals surface area contributed by atoms with Gasteiger partial charge in [-0.2, -0.15) is 0 Å². The van der Waals surface area contributed by atoms with Gasteiger partial charge in [-0.05, 0) is 30.5 Å². The van der Waals surface area contributed by atoms with Gasteiger partial charge in [-0.1, -0.05) is 6.92 Å². The Balaban J connectivity index is 2.09. The number of nitrogens with two attached hydrogens (primary N) is 1. The maximum atomic E-state index is 13.3. The highest BCUT2D eigenvalue weighted by Gasteiger charge is 2.23. The summed E-state index contributed by atoms with van der Waals surface area (Å²) in [4.78, 5) is 12.3. The Kier molecular flexibility index (Phi) is 4.11. The molecule has 1 aliphatic heterocycles. The van der Waals surface area contributed by atoms with Crippen LogP contribution in [0.2, 0.25) is 0 Å². The van der Waals surface area contributed by atoms with E-state index in [-0.39, 0.29) is 11.7 Å². The van der Waals surface area contributed by atoms with E-state index in [1.165, 1.54) is 12.1 Å². The summed E-state index contributed by atoms with van der Waals surface area (Å²) < 4.78 is 13.3. The quantitative estimate of drug-likeness (QED) is 0.670. The first-order valence-electron chi connectivity index (χ1n) is 6.37. The number of rotatable bonds is 3. The SMILES string of the molecule is CC1CN(Cc2cc(F)cc([N+](=O)[O-])c2)CCC1N. The van der Waals surface area contributed by atoms with E-state index in [1.54, 1.807) is 0 Å². The van der Waals surface area contributed by atoms with Crippen molar-refractivity contribution in [1.29, 1.82) is 0 Å². The molecule has 0 aromatic heterocycles. The number of likely N-dealkylation sites (tertiary alicyclic amines) is 1. The van der Waals surface area contributed by atoms with E-state index in [0.29, 0.717) is 18.0 Å². The molecule has 1 aromatic carbocycles. The van der Waals surface area contributed by atoms with E-state index >= 15 is 0 Å². The lowest BCUT2D eigenvalue weighted by molar-refractivity contribution is -0.385. The van der Waals surface area contributed by atoms with E-state index < -0.39 is 10.7 Å². The number of halogens is 1. The zero-order chi connectivity index (χ0) is 14.0. The third-order valence-corrected chi connectivity index (χ3v) is 3.62. The summed E-state index contributed by atoms with van der Waals surface area (Å²) in [6.45, 7) is 4.29. The maximum absolute atomic E-state index is 13.3. The lowest BCUT2D eigenvalue weighted by Gasteiger charge is -2.35. The summed E-state index contributed by atoms with van der Waals surface area (Å²) in [6.07, 6.45) is 0.901. The van der Waals surface area contributed by atoms with Gasteiger partial charge < -0.3 is 5.73 Å². The minimum Gasteiger partial charge on any atom is -0.327 e. The largest absolute Gasteiger partial charge is 0.327 e. The van der Waals surface area contributed by atoms with Crippen LogP contribution in [0.3, 0.4) is 0 Å². The standard InChI is InChI=1S/C13H18FN3O2/c1-9-7-16(3-2-13(9)15)8-10-4-11(14)6-12(5-10)17(18)19/h4-6,9,13H,2-3,7-8,15H2,1H3. The molecule has 6 heteroatoms. The number of piperidine rings is 1. The third-order valence-electron chi connectivity index (χ3n) is 3.62. The molecule has 1 fully saturated rings. The smallest absolute Gasteiger partial charge is 0.272 e. The summed E-state index contributed by atoms with van der Waals surface area (Å²) in [5.74, 6) is -0.178. The zero-order valence-electron chi connectivity index (χ0n) is 10.9. The molecule has 1 heterocycles. The molecule has 2 N–H and O–H groups in total. The predicted octanol–water partition coefficient (Wildman–Crippen LogP) is 1.90. The van der Waals surface area contributed by atoms with Gasteiger partial charge in [0, 0.05) is 25.2 Å². The minimum atomic E-state index is -0.568. The Morgan fingerprint density at radius 1 is 1.53 bits per heavy atom. The highest BCUT2D eigenvalue weighted by Crippen LogP contribution is 2.21. The van der Waals surface area contributed by atoms with Gasteiger partial charge in [0.25, 0.3) is 5.69 Å². The molecule has 0 radical (unpaired) electrons. The van der Waals surface area contributed by atoms with E-state index in [9.17, 15) is 14.5 Å². The summed E-state index contributed by atoms with van der Waals surface area (Å²) in [7, 11) is 0. The normalized spacial score (nSPS) is 24.4. The fourth-order valence-corrected chi connectivity index (χ4v) is 2.48. The van der Waals surface area contributed by atoms with Crippen molar-refractivity contribution in [2.75, 3.05) is 13.1 Å². The Hall–Kier alpha value is -1.53. The molecule has 0 spiro atoms. The summed E-state index contributed by atoms with van der Waals surface area (Å²) >= 11 is 0. The van der Waals surface area contributed by atoms with E-state index in [4.69, 9.17) is 5.73 Å². The van der Waals surface area contributed by atoms with Gasteiger partial charge >= 0.3 is 0 Å². The topological polar surface area (TPSA) is 72.4 Å². The molecule has 0 saturated carbocycles. The van der Waals surface area contributed by atoms with Crippen LogP contribution in [-0.4, -0.2) is 29.0 Å². The Morgan fingerprint density at radius 2 is 2.26 bits per heavy atom. The number of nitro groups is 1. The van der Waals surface area contributed by atoms with Gasteiger partial charge in [0.15, 0.2) is 0 Å². The van der Waals surface area contributed by atoms with Gasteiger partial charge in [0.05, 0.1) is 11.0 Å². The van der Waals surface area contributed by atoms with Crippen LogP contribution in [0.4, 0.5) is 10.1 Å². The fraction of sp³-hybridized carbons (Fsp3) is 0.538. The van der Waals surface area contributed by atoms with Crippen LogP contribution >= 0.6 is 0 Å². The van der Waals surface area contributed by atoms with Crippen molar-refractivity contribution >= 4 is 5.69 Å². The second-order valence-electron chi connectivity index (χ2n) is 5.24. The summed E-state index contributed by atoms with van der Waals surface area (Å²) in [5, 5.41) is 10.7. The number of non-ortho nitro benzene ring substituents is 1. The monoisotopic (exact) mass is 267 g/mol. The molecule has 2 atom stereocenters. The number of nitrogens with zero attached hydrogens (tertiary/aromatic N) is 2. The van der Waals surface area contributed by atoms with E-state index in [1.807, 2.05) is 0 Å². The van der Waals surface area contributed by atoms with Crippen LogP contribution in [0, 0.1) is 21.8 Å². The van der Waals surface area contributed by atoms with Gasteiger partial charge in [-0.25, -0.2) is 4.39 Å². The summed E-state index contributed by atoms with van der Waals surface area (Å²) in [6, 6.07) is 3.94. The first-order valence-corrected chi connectivity index (χ1v) is 6.37. The Bertz CT molecular complexity index is 481. The van der Waals surface area contributed by atoms with Crippen LogP contribution in [-0.2, 0) is 6.54 Å². The molecule has 0 bridgehead atoms. The maximum Gasteiger partial charge on any atom is 0.272 e. The third kappa shape index (κ3) is 3.48. The minimum absolute atomic E-state index is 0.197. The van der Waals surface area contributed by atoms with Gasteiger partial charge in [-0.3, -0.25) is 15.0 Å². The Labute approximate surface area is 111 Å². The van der Waals surface area contributed by atoms with Gasteiger partial charge in [-0.15, -0.1) is 0 Å². The molecule has 2 unspecified atom stereocenters. The average molecular weight is 267 g/mol. The second kappa shape index (κ2) is 5.63. The molecule has 1 aromatic rings. The van der Waals surface area contributed by atoms with Crippen molar-refractivity contribution in [3.8, 4) is 0 Å².